The summed E-state index contributed by atoms with van der Waals surface area (Å²) in [6.45, 7) is 1.96. The van der Waals surface area contributed by atoms with Gasteiger partial charge in [-0.2, -0.15) is 0 Å². The molecule has 76 valence electrons. The van der Waals surface area contributed by atoms with E-state index < -0.39 is 0 Å². The van der Waals surface area contributed by atoms with Gasteiger partial charge < -0.3 is 10.4 Å². The maximum atomic E-state index is 9.34. The number of aryl methyl sites for hydroxylation is 1. The number of aromatic hydroxyl groups is 1. The molecule has 0 bridgehead atoms. The molecular weight excluding hydrogens is 190 g/mol. The Morgan fingerprint density at radius 1 is 1.27 bits per heavy atom. The maximum Gasteiger partial charge on any atom is 0.133 e. The topological polar surface area (TPSA) is 58.0 Å². The molecule has 0 saturated carbocycles. The van der Waals surface area contributed by atoms with Crippen molar-refractivity contribution in [1.82, 2.24) is 9.97 Å². The molecule has 1 heterocycles. The van der Waals surface area contributed by atoms with Gasteiger partial charge in [0.15, 0.2) is 0 Å². The number of aromatic nitrogens is 2. The number of phenols is 1. The zero-order valence-electron chi connectivity index (χ0n) is 8.31. The van der Waals surface area contributed by atoms with Gasteiger partial charge in [-0.3, -0.25) is 0 Å². The van der Waals surface area contributed by atoms with E-state index in [0.29, 0.717) is 5.82 Å². The van der Waals surface area contributed by atoms with Crippen molar-refractivity contribution < 1.29 is 5.11 Å². The molecule has 1 aromatic carbocycles. The van der Waals surface area contributed by atoms with Gasteiger partial charge in [0.05, 0.1) is 0 Å². The van der Waals surface area contributed by atoms with Crippen molar-refractivity contribution in [2.75, 3.05) is 5.32 Å². The standard InChI is InChI=1S/C11H11N3O/c1-8-2-3-9(15)6-10(8)14-11-4-5-12-7-13-11/h2-7,15H,1H3,(H,12,13,14). The number of phenolic OH excluding ortho intramolecular Hbond substituents is 1. The molecule has 0 radical (unpaired) electrons. The van der Waals surface area contributed by atoms with Crippen LogP contribution >= 0.6 is 0 Å². The Labute approximate surface area is 87.6 Å². The molecule has 0 aliphatic rings. The van der Waals surface area contributed by atoms with Crippen LogP contribution in [0.5, 0.6) is 5.75 Å². The highest BCUT2D eigenvalue weighted by Crippen LogP contribution is 2.23. The Bertz CT molecular complexity index is 457. The van der Waals surface area contributed by atoms with Gasteiger partial charge in [-0.1, -0.05) is 6.07 Å². The van der Waals surface area contributed by atoms with Crippen LogP contribution in [0.2, 0.25) is 0 Å². The van der Waals surface area contributed by atoms with Crippen LogP contribution in [0.3, 0.4) is 0 Å². The molecule has 0 atom stereocenters. The number of rotatable bonds is 2. The van der Waals surface area contributed by atoms with Gasteiger partial charge >= 0.3 is 0 Å². The SMILES string of the molecule is Cc1ccc(O)cc1Nc1ccncn1. The summed E-state index contributed by atoms with van der Waals surface area (Å²) in [5, 5.41) is 12.4. The van der Waals surface area contributed by atoms with Crippen molar-refractivity contribution in [3.63, 3.8) is 0 Å². The van der Waals surface area contributed by atoms with E-state index in [1.165, 1.54) is 6.33 Å². The Kier molecular flexibility index (Phi) is 2.49. The molecule has 4 heteroatoms. The van der Waals surface area contributed by atoms with Crippen molar-refractivity contribution >= 4 is 11.5 Å². The first kappa shape index (κ1) is 9.45. The normalized spacial score (nSPS) is 9.93. The second kappa shape index (κ2) is 3.96. The summed E-state index contributed by atoms with van der Waals surface area (Å²) in [5.74, 6) is 0.941. The van der Waals surface area contributed by atoms with E-state index in [1.807, 2.05) is 13.0 Å². The Morgan fingerprint density at radius 3 is 2.87 bits per heavy atom. The third kappa shape index (κ3) is 2.22. The summed E-state index contributed by atoms with van der Waals surface area (Å²) in [6.07, 6.45) is 3.13. The van der Waals surface area contributed by atoms with Crippen LogP contribution in [0, 0.1) is 6.92 Å². The van der Waals surface area contributed by atoms with Crippen LogP contribution in [-0.2, 0) is 0 Å². The van der Waals surface area contributed by atoms with Crippen molar-refractivity contribution in [1.29, 1.82) is 0 Å². The highest BCUT2D eigenvalue weighted by molar-refractivity contribution is 5.61. The molecule has 2 rings (SSSR count). The van der Waals surface area contributed by atoms with E-state index >= 15 is 0 Å². The summed E-state index contributed by atoms with van der Waals surface area (Å²) >= 11 is 0. The third-order valence-corrected chi connectivity index (χ3v) is 2.07. The fourth-order valence-electron chi connectivity index (χ4n) is 1.25. The zero-order valence-corrected chi connectivity index (χ0v) is 8.31. The zero-order chi connectivity index (χ0) is 10.7. The van der Waals surface area contributed by atoms with E-state index in [4.69, 9.17) is 0 Å². The van der Waals surface area contributed by atoms with Gasteiger partial charge in [0.1, 0.15) is 17.9 Å². The van der Waals surface area contributed by atoms with Crippen molar-refractivity contribution in [3.05, 3.63) is 42.4 Å². The number of nitrogens with one attached hydrogen (secondary N) is 1. The summed E-state index contributed by atoms with van der Waals surface area (Å²) in [4.78, 5) is 7.87. The lowest BCUT2D eigenvalue weighted by Crippen LogP contribution is -1.95. The lowest BCUT2D eigenvalue weighted by molar-refractivity contribution is 0.475. The summed E-state index contributed by atoms with van der Waals surface area (Å²) in [6, 6.07) is 6.93. The molecule has 1 aromatic heterocycles. The minimum atomic E-state index is 0.233. The Hall–Kier alpha value is -2.10. The van der Waals surface area contributed by atoms with E-state index in [0.717, 1.165) is 11.3 Å². The minimum absolute atomic E-state index is 0.233. The monoisotopic (exact) mass is 201 g/mol. The van der Waals surface area contributed by atoms with Crippen LogP contribution in [0.15, 0.2) is 36.8 Å². The van der Waals surface area contributed by atoms with Crippen molar-refractivity contribution in [3.8, 4) is 5.75 Å². The first-order chi connectivity index (χ1) is 7.25. The molecule has 0 aliphatic heterocycles. The lowest BCUT2D eigenvalue weighted by atomic mass is 10.2. The van der Waals surface area contributed by atoms with Crippen LogP contribution < -0.4 is 5.32 Å². The molecule has 0 aliphatic carbocycles. The molecule has 4 nitrogen and oxygen atoms in total. The van der Waals surface area contributed by atoms with Crippen LogP contribution in [0.4, 0.5) is 11.5 Å². The maximum absolute atomic E-state index is 9.34. The largest absolute Gasteiger partial charge is 0.508 e. The molecule has 2 aromatic rings. The number of benzene rings is 1. The van der Waals surface area contributed by atoms with Gasteiger partial charge in [-0.25, -0.2) is 9.97 Å². The van der Waals surface area contributed by atoms with Gasteiger partial charge in [0.2, 0.25) is 0 Å². The van der Waals surface area contributed by atoms with Gasteiger partial charge in [0.25, 0.3) is 0 Å². The average Bonchev–Trinajstić information content (AvgIpc) is 2.25. The highest BCUT2D eigenvalue weighted by Gasteiger charge is 2.00. The van der Waals surface area contributed by atoms with Crippen molar-refractivity contribution in [2.24, 2.45) is 0 Å². The molecule has 15 heavy (non-hydrogen) atoms. The first-order valence-corrected chi connectivity index (χ1v) is 4.58. The quantitative estimate of drug-likeness (QED) is 0.782. The Morgan fingerprint density at radius 2 is 2.13 bits per heavy atom. The van der Waals surface area contributed by atoms with E-state index in [9.17, 15) is 5.11 Å². The van der Waals surface area contributed by atoms with Crippen LogP contribution in [-0.4, -0.2) is 15.1 Å². The van der Waals surface area contributed by atoms with E-state index in [2.05, 4.69) is 15.3 Å². The molecule has 0 spiro atoms. The minimum Gasteiger partial charge on any atom is -0.508 e. The van der Waals surface area contributed by atoms with Crippen LogP contribution in [0.1, 0.15) is 5.56 Å². The third-order valence-electron chi connectivity index (χ3n) is 2.07. The molecule has 0 amide bonds. The molecule has 0 saturated heterocycles. The molecule has 2 N–H and O–H groups in total. The molecular formula is C11H11N3O. The van der Waals surface area contributed by atoms with Crippen LogP contribution in [0.25, 0.3) is 0 Å². The smallest absolute Gasteiger partial charge is 0.133 e. The van der Waals surface area contributed by atoms with E-state index in [1.54, 1.807) is 24.4 Å². The van der Waals surface area contributed by atoms with Gasteiger partial charge in [-0.05, 0) is 24.6 Å². The molecule has 0 fully saturated rings. The second-order valence-electron chi connectivity index (χ2n) is 3.22. The number of hydrogen-bond donors (Lipinski definition) is 2. The lowest BCUT2D eigenvalue weighted by Gasteiger charge is -2.08. The van der Waals surface area contributed by atoms with Crippen molar-refractivity contribution in [2.45, 2.75) is 6.92 Å². The summed E-state index contributed by atoms with van der Waals surface area (Å²) in [7, 11) is 0. The number of nitrogens with zero attached hydrogens (tertiary/aromatic N) is 2. The predicted molar refractivity (Wildman–Crippen MR) is 58.2 cm³/mol. The summed E-state index contributed by atoms with van der Waals surface area (Å²) in [5.41, 5.74) is 1.89. The predicted octanol–water partition coefficient (Wildman–Crippen LogP) is 2.23. The summed E-state index contributed by atoms with van der Waals surface area (Å²) < 4.78 is 0. The fourth-order valence-corrected chi connectivity index (χ4v) is 1.25. The molecule has 0 unspecified atom stereocenters. The van der Waals surface area contributed by atoms with Gasteiger partial charge in [0, 0.05) is 18.0 Å². The fraction of sp³-hybridized carbons (Fsp3) is 0.0909. The number of anilines is 2. The second-order valence-corrected chi connectivity index (χ2v) is 3.22. The Balaban J connectivity index is 2.28. The highest BCUT2D eigenvalue weighted by atomic mass is 16.3. The number of hydrogen-bond acceptors (Lipinski definition) is 4. The van der Waals surface area contributed by atoms with Gasteiger partial charge in [-0.15, -0.1) is 0 Å². The van der Waals surface area contributed by atoms with E-state index in [-0.39, 0.29) is 5.75 Å². The first-order valence-electron chi connectivity index (χ1n) is 4.58. The average molecular weight is 201 g/mol.